The molecule has 0 fully saturated rings. The molecule has 4 aromatic rings. The SMILES string of the molecule is COC(=O)[C@H]1COc2ccc(C(=O)NN(C(=O)c3cc(C)cc(C)c3)C(C)(C)C)c(C)c2O1.Cc1cc(C)cc(C(=O)N(NC(=O)c2ccc3c(c2C)O[C@@H](C(=O)O)CO3)C(C)(C)C)c1. The molecular weight excluding hydrogens is 837 g/mol. The number of hydrogen-bond donors (Lipinski definition) is 3. The minimum atomic E-state index is -1.16. The average Bonchev–Trinajstić information content (AvgIpc) is 3.22. The van der Waals surface area contributed by atoms with Gasteiger partial charge in [0, 0.05) is 33.4 Å². The third kappa shape index (κ3) is 11.4. The van der Waals surface area contributed by atoms with Crippen molar-refractivity contribution in [2.75, 3.05) is 20.3 Å². The van der Waals surface area contributed by atoms with Gasteiger partial charge in [-0.3, -0.25) is 30.0 Å². The Bertz CT molecular complexity index is 2500. The maximum absolute atomic E-state index is 13.3. The summed E-state index contributed by atoms with van der Waals surface area (Å²) in [6.07, 6.45) is -2.08. The lowest BCUT2D eigenvalue weighted by Gasteiger charge is -2.36. The first kappa shape index (κ1) is 48.9. The Hall–Kier alpha value is -7.10. The molecule has 346 valence electrons. The van der Waals surface area contributed by atoms with Gasteiger partial charge in [-0.15, -0.1) is 0 Å². The minimum absolute atomic E-state index is 0.0207. The molecule has 2 aliphatic rings. The number of aliphatic carboxylic acids is 1. The molecule has 16 heteroatoms. The van der Waals surface area contributed by atoms with Crippen LogP contribution >= 0.6 is 0 Å². The van der Waals surface area contributed by atoms with Crippen LogP contribution in [0, 0.1) is 41.5 Å². The molecule has 0 bridgehead atoms. The number of carboxylic acid groups (broad SMARTS) is 1. The molecule has 65 heavy (non-hydrogen) atoms. The van der Waals surface area contributed by atoms with E-state index in [2.05, 4.69) is 10.9 Å². The highest BCUT2D eigenvalue weighted by molar-refractivity contribution is 6.02. The minimum Gasteiger partial charge on any atom is -0.485 e. The number of benzene rings is 4. The van der Waals surface area contributed by atoms with Gasteiger partial charge in [0.25, 0.3) is 23.6 Å². The summed E-state index contributed by atoms with van der Waals surface area (Å²) in [7, 11) is 1.27. The largest absolute Gasteiger partial charge is 0.485 e. The summed E-state index contributed by atoms with van der Waals surface area (Å²) in [6, 6.07) is 17.4. The van der Waals surface area contributed by atoms with Crippen molar-refractivity contribution in [2.45, 2.75) is 106 Å². The van der Waals surface area contributed by atoms with E-state index in [1.807, 2.05) is 81.4 Å². The van der Waals surface area contributed by atoms with Crippen molar-refractivity contribution in [1.29, 1.82) is 0 Å². The molecular formula is C49H58N4O12. The zero-order chi connectivity index (χ0) is 48.3. The normalized spacial score (nSPS) is 15.0. The van der Waals surface area contributed by atoms with Gasteiger partial charge < -0.3 is 28.8 Å². The Labute approximate surface area is 379 Å². The van der Waals surface area contributed by atoms with E-state index >= 15 is 0 Å². The monoisotopic (exact) mass is 894 g/mol. The number of carbonyl (C=O) groups is 6. The Morgan fingerprint density at radius 2 is 0.938 bits per heavy atom. The predicted octanol–water partition coefficient (Wildman–Crippen LogP) is 6.93. The quantitative estimate of drug-likeness (QED) is 0.133. The first-order chi connectivity index (χ1) is 30.3. The van der Waals surface area contributed by atoms with Crippen molar-refractivity contribution in [3.63, 3.8) is 0 Å². The molecule has 0 radical (unpaired) electrons. The number of hydrazine groups is 2. The summed E-state index contributed by atoms with van der Waals surface area (Å²) in [6.45, 7) is 21.9. The van der Waals surface area contributed by atoms with Crippen molar-refractivity contribution < 1.29 is 57.6 Å². The lowest BCUT2D eigenvalue weighted by molar-refractivity contribution is -0.151. The molecule has 0 unspecified atom stereocenters. The van der Waals surface area contributed by atoms with Gasteiger partial charge in [-0.05, 0) is 132 Å². The summed E-state index contributed by atoms with van der Waals surface area (Å²) in [5, 5.41) is 11.9. The first-order valence-electron chi connectivity index (χ1n) is 20.9. The molecule has 0 aliphatic carbocycles. The van der Waals surface area contributed by atoms with E-state index in [0.717, 1.165) is 22.3 Å². The highest BCUT2D eigenvalue weighted by Crippen LogP contribution is 2.38. The highest BCUT2D eigenvalue weighted by atomic mass is 16.6. The second-order valence-electron chi connectivity index (χ2n) is 18.1. The molecule has 2 aliphatic heterocycles. The van der Waals surface area contributed by atoms with E-state index < -0.39 is 47.0 Å². The van der Waals surface area contributed by atoms with Gasteiger partial charge in [0.05, 0.1) is 18.2 Å². The maximum Gasteiger partial charge on any atom is 0.350 e. The molecule has 2 atom stereocenters. The third-order valence-electron chi connectivity index (χ3n) is 10.4. The van der Waals surface area contributed by atoms with Gasteiger partial charge in [0.1, 0.15) is 13.2 Å². The van der Waals surface area contributed by atoms with E-state index in [-0.39, 0.29) is 36.3 Å². The number of hydrogen-bond acceptors (Lipinski definition) is 11. The van der Waals surface area contributed by atoms with Gasteiger partial charge in [0.15, 0.2) is 23.0 Å². The number of methoxy groups -OCH3 is 1. The summed E-state index contributed by atoms with van der Waals surface area (Å²) in [4.78, 5) is 76.2. The van der Waals surface area contributed by atoms with E-state index in [1.54, 1.807) is 62.4 Å². The van der Waals surface area contributed by atoms with E-state index in [1.165, 1.54) is 17.1 Å². The van der Waals surface area contributed by atoms with Gasteiger partial charge in [-0.1, -0.05) is 34.4 Å². The summed E-state index contributed by atoms with van der Waals surface area (Å²) < 4.78 is 27.1. The summed E-state index contributed by atoms with van der Waals surface area (Å²) in [5.74, 6) is -2.05. The van der Waals surface area contributed by atoms with E-state index in [9.17, 15) is 33.9 Å². The molecule has 16 nitrogen and oxygen atoms in total. The van der Waals surface area contributed by atoms with Crippen molar-refractivity contribution in [3.05, 3.63) is 116 Å². The van der Waals surface area contributed by atoms with Crippen LogP contribution in [-0.2, 0) is 14.3 Å². The zero-order valence-electron chi connectivity index (χ0n) is 39.2. The Kier molecular flexibility index (Phi) is 14.6. The number of amides is 4. The zero-order valence-corrected chi connectivity index (χ0v) is 39.2. The number of esters is 1. The van der Waals surface area contributed by atoms with Crippen LogP contribution in [0.25, 0.3) is 0 Å². The smallest absolute Gasteiger partial charge is 0.350 e. The molecule has 4 amide bonds. The fraction of sp³-hybridized carbons (Fsp3) is 0.388. The lowest BCUT2D eigenvalue weighted by Crippen LogP contribution is -2.56. The molecule has 6 rings (SSSR count). The molecule has 3 N–H and O–H groups in total. The predicted molar refractivity (Wildman–Crippen MR) is 240 cm³/mol. The number of aryl methyl sites for hydroxylation is 4. The second kappa shape index (κ2) is 19.3. The average molecular weight is 895 g/mol. The number of carboxylic acids is 1. The number of rotatable bonds is 6. The number of nitrogens with zero attached hydrogens (tertiary/aromatic N) is 2. The van der Waals surface area contributed by atoms with Crippen molar-refractivity contribution >= 4 is 35.6 Å². The number of fused-ring (bicyclic) bond motifs is 2. The van der Waals surface area contributed by atoms with Crippen molar-refractivity contribution in [3.8, 4) is 23.0 Å². The van der Waals surface area contributed by atoms with Gasteiger partial charge in [0.2, 0.25) is 12.2 Å². The van der Waals surface area contributed by atoms with Gasteiger partial charge in [-0.2, -0.15) is 0 Å². The van der Waals surface area contributed by atoms with Crippen LogP contribution in [0.4, 0.5) is 0 Å². The first-order valence-corrected chi connectivity index (χ1v) is 20.9. The van der Waals surface area contributed by atoms with Crippen LogP contribution in [0.5, 0.6) is 23.0 Å². The Balaban J connectivity index is 0.000000244. The van der Waals surface area contributed by atoms with Crippen molar-refractivity contribution in [2.24, 2.45) is 0 Å². The molecule has 0 spiro atoms. The van der Waals surface area contributed by atoms with Crippen LogP contribution in [-0.4, -0.2) is 94.3 Å². The van der Waals surface area contributed by atoms with Crippen LogP contribution in [0.1, 0.15) is 116 Å². The standard InChI is InChI=1S/C25H30N2O6.C24H28N2O6/c1-14-10-15(2)12-17(11-14)23(29)27(25(4,5)6)26-22(28)18-8-9-19-21(16(18)3)33-20(13-32-19)24(30)31-7;1-13-9-14(2)11-16(10-13)22(28)26(24(4,5)6)25-21(27)17-7-8-18-20(15(17)3)32-19(12-31-18)23(29)30/h8-12,20H,13H2,1-7H3,(H,26,28);7-11,19H,12H2,1-6H3,(H,25,27)(H,29,30)/t20-;19-/m11/s1. The fourth-order valence-corrected chi connectivity index (χ4v) is 7.22. The molecule has 4 aromatic carbocycles. The number of carbonyl (C=O) groups excluding carboxylic acids is 5. The van der Waals surface area contributed by atoms with Gasteiger partial charge in [-0.25, -0.2) is 19.6 Å². The lowest BCUT2D eigenvalue weighted by atomic mass is 10.0. The third-order valence-corrected chi connectivity index (χ3v) is 10.4. The maximum atomic E-state index is 13.3. The van der Waals surface area contributed by atoms with Crippen molar-refractivity contribution in [1.82, 2.24) is 20.9 Å². The number of ether oxygens (including phenoxy) is 5. The molecule has 2 heterocycles. The van der Waals surface area contributed by atoms with E-state index in [0.29, 0.717) is 45.1 Å². The van der Waals surface area contributed by atoms with Gasteiger partial charge >= 0.3 is 11.9 Å². The van der Waals surface area contributed by atoms with Crippen LogP contribution in [0.2, 0.25) is 0 Å². The van der Waals surface area contributed by atoms with E-state index in [4.69, 9.17) is 23.7 Å². The molecule has 0 saturated carbocycles. The van der Waals surface area contributed by atoms with Crippen LogP contribution in [0.3, 0.4) is 0 Å². The second-order valence-corrected chi connectivity index (χ2v) is 18.1. The molecule has 0 aromatic heterocycles. The Morgan fingerprint density at radius 3 is 1.28 bits per heavy atom. The Morgan fingerprint density at radius 1 is 0.585 bits per heavy atom. The number of nitrogens with one attached hydrogen (secondary N) is 2. The summed E-state index contributed by atoms with van der Waals surface area (Å²) in [5.41, 5.74) is 10.3. The van der Waals surface area contributed by atoms with Crippen LogP contribution in [0.15, 0.2) is 60.7 Å². The topological polar surface area (TPSA) is 199 Å². The summed E-state index contributed by atoms with van der Waals surface area (Å²) >= 11 is 0. The fourth-order valence-electron chi connectivity index (χ4n) is 7.22. The molecule has 0 saturated heterocycles. The van der Waals surface area contributed by atoms with Crippen LogP contribution < -0.4 is 29.8 Å². The highest BCUT2D eigenvalue weighted by Gasteiger charge is 2.35.